The molecule has 0 saturated heterocycles. The summed E-state index contributed by atoms with van der Waals surface area (Å²) in [6.45, 7) is 6.89. The van der Waals surface area contributed by atoms with Gasteiger partial charge in [-0.05, 0) is 38.5 Å². The second-order valence-electron chi connectivity index (χ2n) is 4.42. The summed E-state index contributed by atoms with van der Waals surface area (Å²) < 4.78 is 1.96. The SMILES string of the molecule is CCn1nc(C)c(Cl)c1CSc1cccc(N)c1C. The van der Waals surface area contributed by atoms with E-state index >= 15 is 0 Å². The largest absolute Gasteiger partial charge is 0.398 e. The van der Waals surface area contributed by atoms with E-state index < -0.39 is 0 Å². The molecular formula is C14H18ClN3S. The molecule has 0 radical (unpaired) electrons. The molecule has 0 atom stereocenters. The van der Waals surface area contributed by atoms with Crippen LogP contribution in [-0.2, 0) is 12.3 Å². The quantitative estimate of drug-likeness (QED) is 0.683. The summed E-state index contributed by atoms with van der Waals surface area (Å²) >= 11 is 8.05. The van der Waals surface area contributed by atoms with Gasteiger partial charge in [0, 0.05) is 22.9 Å². The fourth-order valence-corrected chi connectivity index (χ4v) is 3.32. The summed E-state index contributed by atoms with van der Waals surface area (Å²) in [5.41, 5.74) is 9.85. The van der Waals surface area contributed by atoms with Gasteiger partial charge in [0.1, 0.15) is 0 Å². The second-order valence-corrected chi connectivity index (χ2v) is 5.82. The Morgan fingerprint density at radius 1 is 1.37 bits per heavy atom. The Morgan fingerprint density at radius 2 is 2.11 bits per heavy atom. The fourth-order valence-electron chi connectivity index (χ4n) is 1.94. The van der Waals surface area contributed by atoms with E-state index in [0.29, 0.717) is 0 Å². The molecule has 19 heavy (non-hydrogen) atoms. The van der Waals surface area contributed by atoms with Crippen LogP contribution < -0.4 is 5.73 Å². The predicted molar refractivity (Wildman–Crippen MR) is 82.8 cm³/mol. The van der Waals surface area contributed by atoms with Gasteiger partial charge in [-0.25, -0.2) is 0 Å². The Hall–Kier alpha value is -1.13. The smallest absolute Gasteiger partial charge is 0.0855 e. The summed E-state index contributed by atoms with van der Waals surface area (Å²) in [7, 11) is 0. The normalized spacial score (nSPS) is 10.9. The number of nitrogens with zero attached hydrogens (tertiary/aromatic N) is 2. The van der Waals surface area contributed by atoms with Crippen LogP contribution in [0.1, 0.15) is 23.9 Å². The second kappa shape index (κ2) is 5.88. The van der Waals surface area contributed by atoms with Crippen molar-refractivity contribution in [3.05, 3.63) is 40.2 Å². The van der Waals surface area contributed by atoms with Gasteiger partial charge in [0.2, 0.25) is 0 Å². The topological polar surface area (TPSA) is 43.8 Å². The number of hydrogen-bond donors (Lipinski definition) is 1. The number of rotatable bonds is 4. The monoisotopic (exact) mass is 295 g/mol. The Morgan fingerprint density at radius 3 is 2.79 bits per heavy atom. The number of nitrogen functional groups attached to an aromatic ring is 1. The van der Waals surface area contributed by atoms with Crippen LogP contribution in [0.15, 0.2) is 23.1 Å². The number of anilines is 1. The lowest BCUT2D eigenvalue weighted by molar-refractivity contribution is 0.632. The maximum atomic E-state index is 6.31. The molecule has 0 amide bonds. The standard InChI is InChI=1S/C14H18ClN3S/c1-4-18-12(14(15)10(3)17-18)8-19-13-7-5-6-11(16)9(13)2/h5-7H,4,8,16H2,1-3H3. The van der Waals surface area contributed by atoms with Crippen LogP contribution in [0.25, 0.3) is 0 Å². The Kier molecular flexibility index (Phi) is 4.42. The van der Waals surface area contributed by atoms with Crippen molar-refractivity contribution in [1.82, 2.24) is 9.78 Å². The average molecular weight is 296 g/mol. The van der Waals surface area contributed by atoms with Crippen LogP contribution in [0.5, 0.6) is 0 Å². The first-order chi connectivity index (χ1) is 9.04. The van der Waals surface area contributed by atoms with Crippen molar-refractivity contribution in [3.63, 3.8) is 0 Å². The summed E-state index contributed by atoms with van der Waals surface area (Å²) in [6.07, 6.45) is 0. The van der Waals surface area contributed by atoms with Gasteiger partial charge in [0.15, 0.2) is 0 Å². The molecule has 2 rings (SSSR count). The Bertz CT molecular complexity index is 593. The lowest BCUT2D eigenvalue weighted by Gasteiger charge is -2.09. The first kappa shape index (κ1) is 14.3. The van der Waals surface area contributed by atoms with E-state index in [1.54, 1.807) is 11.8 Å². The summed E-state index contributed by atoms with van der Waals surface area (Å²) in [5.74, 6) is 0.803. The van der Waals surface area contributed by atoms with Crippen LogP contribution in [0, 0.1) is 13.8 Å². The predicted octanol–water partition coefficient (Wildman–Crippen LogP) is 4.05. The molecule has 1 heterocycles. The Labute approximate surface area is 123 Å². The zero-order chi connectivity index (χ0) is 14.0. The molecule has 0 spiro atoms. The van der Waals surface area contributed by atoms with E-state index in [9.17, 15) is 0 Å². The van der Waals surface area contributed by atoms with Crippen molar-refractivity contribution < 1.29 is 0 Å². The molecular weight excluding hydrogens is 278 g/mol. The molecule has 0 unspecified atom stereocenters. The van der Waals surface area contributed by atoms with Gasteiger partial charge in [-0.1, -0.05) is 17.7 Å². The van der Waals surface area contributed by atoms with Crippen molar-refractivity contribution in [2.24, 2.45) is 0 Å². The van der Waals surface area contributed by atoms with E-state index in [2.05, 4.69) is 18.1 Å². The highest BCUT2D eigenvalue weighted by molar-refractivity contribution is 7.98. The van der Waals surface area contributed by atoms with Gasteiger partial charge >= 0.3 is 0 Å². The van der Waals surface area contributed by atoms with Gasteiger partial charge in [-0.15, -0.1) is 11.8 Å². The minimum Gasteiger partial charge on any atom is -0.398 e. The number of benzene rings is 1. The minimum absolute atomic E-state index is 0.774. The maximum Gasteiger partial charge on any atom is 0.0855 e. The third kappa shape index (κ3) is 2.90. The van der Waals surface area contributed by atoms with Crippen molar-refractivity contribution in [2.75, 3.05) is 5.73 Å². The van der Waals surface area contributed by atoms with E-state index in [0.717, 1.165) is 40.0 Å². The summed E-state index contributed by atoms with van der Waals surface area (Å²) in [6, 6.07) is 5.99. The van der Waals surface area contributed by atoms with Gasteiger partial charge < -0.3 is 5.73 Å². The molecule has 5 heteroatoms. The van der Waals surface area contributed by atoms with Crippen LogP contribution in [0.2, 0.25) is 5.02 Å². The molecule has 0 fully saturated rings. The molecule has 0 aliphatic carbocycles. The summed E-state index contributed by atoms with van der Waals surface area (Å²) in [5, 5.41) is 5.20. The molecule has 0 aliphatic heterocycles. The van der Waals surface area contributed by atoms with Gasteiger partial charge in [0.25, 0.3) is 0 Å². The van der Waals surface area contributed by atoms with Gasteiger partial charge in [-0.3, -0.25) is 4.68 Å². The molecule has 102 valence electrons. The average Bonchev–Trinajstić information content (AvgIpc) is 2.67. The van der Waals surface area contributed by atoms with E-state index in [1.165, 1.54) is 4.90 Å². The number of aryl methyl sites for hydroxylation is 2. The van der Waals surface area contributed by atoms with Crippen molar-refractivity contribution in [2.45, 2.75) is 38.0 Å². The van der Waals surface area contributed by atoms with Crippen LogP contribution in [-0.4, -0.2) is 9.78 Å². The first-order valence-electron chi connectivity index (χ1n) is 6.24. The molecule has 2 aromatic rings. The minimum atomic E-state index is 0.774. The molecule has 0 aliphatic rings. The molecule has 1 aromatic heterocycles. The molecule has 0 bridgehead atoms. The molecule has 1 aromatic carbocycles. The lowest BCUT2D eigenvalue weighted by atomic mass is 10.2. The van der Waals surface area contributed by atoms with Crippen molar-refractivity contribution in [3.8, 4) is 0 Å². The van der Waals surface area contributed by atoms with E-state index in [-0.39, 0.29) is 0 Å². The highest BCUT2D eigenvalue weighted by Gasteiger charge is 2.13. The third-order valence-electron chi connectivity index (χ3n) is 3.14. The van der Waals surface area contributed by atoms with Crippen LogP contribution in [0.4, 0.5) is 5.69 Å². The molecule has 3 nitrogen and oxygen atoms in total. The van der Waals surface area contributed by atoms with Crippen molar-refractivity contribution in [1.29, 1.82) is 0 Å². The zero-order valence-corrected chi connectivity index (χ0v) is 13.0. The van der Waals surface area contributed by atoms with Crippen LogP contribution >= 0.6 is 23.4 Å². The first-order valence-corrected chi connectivity index (χ1v) is 7.60. The zero-order valence-electron chi connectivity index (χ0n) is 11.4. The molecule has 0 saturated carbocycles. The maximum absolute atomic E-state index is 6.31. The Balaban J connectivity index is 2.21. The summed E-state index contributed by atoms with van der Waals surface area (Å²) in [4.78, 5) is 1.19. The molecule has 2 N–H and O–H groups in total. The fraction of sp³-hybridized carbons (Fsp3) is 0.357. The number of aromatic nitrogens is 2. The number of hydrogen-bond acceptors (Lipinski definition) is 3. The van der Waals surface area contributed by atoms with E-state index in [4.69, 9.17) is 17.3 Å². The highest BCUT2D eigenvalue weighted by Crippen LogP contribution is 2.31. The van der Waals surface area contributed by atoms with Gasteiger partial charge in [-0.2, -0.15) is 5.10 Å². The number of halogens is 1. The number of thioether (sulfide) groups is 1. The highest BCUT2D eigenvalue weighted by atomic mass is 35.5. The van der Waals surface area contributed by atoms with Gasteiger partial charge in [0.05, 0.1) is 16.4 Å². The van der Waals surface area contributed by atoms with E-state index in [1.807, 2.05) is 30.7 Å². The number of nitrogens with two attached hydrogens (primary N) is 1. The third-order valence-corrected chi connectivity index (χ3v) is 4.81. The lowest BCUT2D eigenvalue weighted by Crippen LogP contribution is -2.02. The van der Waals surface area contributed by atoms with Crippen LogP contribution in [0.3, 0.4) is 0 Å². The van der Waals surface area contributed by atoms with Crippen molar-refractivity contribution >= 4 is 29.1 Å².